The summed E-state index contributed by atoms with van der Waals surface area (Å²) in [7, 11) is 0. The highest BCUT2D eigenvalue weighted by molar-refractivity contribution is 4.82. The van der Waals surface area contributed by atoms with Gasteiger partial charge in [-0.1, -0.05) is 27.2 Å². The molecule has 3 heteroatoms. The van der Waals surface area contributed by atoms with Crippen molar-refractivity contribution >= 4 is 0 Å². The monoisotopic (exact) mass is 285 g/mol. The Morgan fingerprint density at radius 1 is 1.25 bits per heavy atom. The van der Waals surface area contributed by atoms with Crippen LogP contribution < -0.4 is 5.32 Å². The van der Waals surface area contributed by atoms with Crippen molar-refractivity contribution in [3.63, 3.8) is 0 Å². The van der Waals surface area contributed by atoms with Gasteiger partial charge in [-0.25, -0.2) is 0 Å². The molecule has 1 rings (SSSR count). The molecule has 20 heavy (non-hydrogen) atoms. The number of hydrogen-bond donors (Lipinski definition) is 2. The molecule has 1 saturated carbocycles. The minimum atomic E-state index is -0.417. The van der Waals surface area contributed by atoms with Crippen LogP contribution >= 0.6 is 0 Å². The smallest absolute Gasteiger partial charge is 0.0898 e. The first-order chi connectivity index (χ1) is 9.19. The summed E-state index contributed by atoms with van der Waals surface area (Å²) in [6.45, 7) is 14.3. The van der Waals surface area contributed by atoms with Crippen LogP contribution in [0.25, 0.3) is 0 Å². The molecule has 4 unspecified atom stereocenters. The summed E-state index contributed by atoms with van der Waals surface area (Å²) in [5, 5.41) is 13.4. The van der Waals surface area contributed by atoms with Crippen molar-refractivity contribution in [3.8, 4) is 0 Å². The molecule has 0 amide bonds. The fraction of sp³-hybridized carbons (Fsp3) is 1.00. The van der Waals surface area contributed by atoms with Crippen molar-refractivity contribution in [2.45, 2.75) is 78.6 Å². The van der Waals surface area contributed by atoms with Crippen molar-refractivity contribution in [2.24, 2.45) is 17.8 Å². The molecule has 0 aromatic heterocycles. The zero-order valence-corrected chi connectivity index (χ0v) is 14.3. The van der Waals surface area contributed by atoms with Crippen molar-refractivity contribution in [1.82, 2.24) is 5.32 Å². The van der Waals surface area contributed by atoms with Gasteiger partial charge in [-0.3, -0.25) is 0 Å². The van der Waals surface area contributed by atoms with E-state index in [2.05, 4.69) is 46.9 Å². The van der Waals surface area contributed by atoms with E-state index in [0.717, 1.165) is 12.3 Å². The van der Waals surface area contributed by atoms with E-state index in [1.54, 1.807) is 0 Å². The van der Waals surface area contributed by atoms with E-state index in [4.69, 9.17) is 4.74 Å². The van der Waals surface area contributed by atoms with Crippen molar-refractivity contribution in [2.75, 3.05) is 13.2 Å². The zero-order chi connectivity index (χ0) is 15.3. The van der Waals surface area contributed by atoms with E-state index < -0.39 is 6.10 Å². The molecule has 0 heterocycles. The Morgan fingerprint density at radius 3 is 2.45 bits per heavy atom. The van der Waals surface area contributed by atoms with Gasteiger partial charge in [0.25, 0.3) is 0 Å². The molecule has 1 fully saturated rings. The predicted molar refractivity (Wildman–Crippen MR) is 84.8 cm³/mol. The van der Waals surface area contributed by atoms with Crippen molar-refractivity contribution in [3.05, 3.63) is 0 Å². The Labute approximate surface area is 125 Å². The molecular weight excluding hydrogens is 250 g/mol. The van der Waals surface area contributed by atoms with Crippen LogP contribution in [0, 0.1) is 17.8 Å². The summed E-state index contributed by atoms with van der Waals surface area (Å²) >= 11 is 0. The Balaban J connectivity index is 2.37. The lowest BCUT2D eigenvalue weighted by atomic mass is 9.75. The largest absolute Gasteiger partial charge is 0.389 e. The zero-order valence-electron chi connectivity index (χ0n) is 14.3. The topological polar surface area (TPSA) is 41.5 Å². The molecule has 4 atom stereocenters. The number of aliphatic hydroxyl groups excluding tert-OH is 1. The number of β-amino-alcohol motifs (C(OH)–C–C–N with tert-alkyl or cyclic N) is 1. The van der Waals surface area contributed by atoms with Gasteiger partial charge in [0.1, 0.15) is 0 Å². The van der Waals surface area contributed by atoms with Crippen LogP contribution in [-0.2, 0) is 4.74 Å². The standard InChI is InChI=1S/C17H35NO2/c1-12(2)15-8-7-13(3)9-16(15)20-11-14(19)10-18-17(4,5)6/h12-16,18-19H,7-11H2,1-6H3. The molecule has 0 aliphatic heterocycles. The minimum Gasteiger partial charge on any atom is -0.389 e. The highest BCUT2D eigenvalue weighted by atomic mass is 16.5. The molecular formula is C17H35NO2. The highest BCUT2D eigenvalue weighted by Gasteiger charge is 2.31. The highest BCUT2D eigenvalue weighted by Crippen LogP contribution is 2.35. The lowest BCUT2D eigenvalue weighted by molar-refractivity contribution is -0.0689. The van der Waals surface area contributed by atoms with Gasteiger partial charge in [0, 0.05) is 12.1 Å². The molecule has 1 aliphatic rings. The molecule has 0 saturated heterocycles. The fourth-order valence-corrected chi connectivity index (χ4v) is 3.02. The lowest BCUT2D eigenvalue weighted by Gasteiger charge is -2.37. The fourth-order valence-electron chi connectivity index (χ4n) is 3.02. The van der Waals surface area contributed by atoms with Crippen LogP contribution in [0.15, 0.2) is 0 Å². The Bertz CT molecular complexity index is 273. The van der Waals surface area contributed by atoms with Gasteiger partial charge >= 0.3 is 0 Å². The Morgan fingerprint density at radius 2 is 1.90 bits per heavy atom. The third-order valence-electron chi connectivity index (χ3n) is 4.33. The first kappa shape index (κ1) is 17.9. The van der Waals surface area contributed by atoms with Gasteiger partial charge in [-0.05, 0) is 51.4 Å². The first-order valence-corrected chi connectivity index (χ1v) is 8.23. The third-order valence-corrected chi connectivity index (χ3v) is 4.33. The summed E-state index contributed by atoms with van der Waals surface area (Å²) in [6, 6.07) is 0. The van der Waals surface area contributed by atoms with E-state index in [0.29, 0.717) is 31.1 Å². The molecule has 2 N–H and O–H groups in total. The first-order valence-electron chi connectivity index (χ1n) is 8.23. The van der Waals surface area contributed by atoms with Gasteiger partial charge in [-0.2, -0.15) is 0 Å². The molecule has 0 radical (unpaired) electrons. The van der Waals surface area contributed by atoms with Crippen molar-refractivity contribution in [1.29, 1.82) is 0 Å². The Hall–Kier alpha value is -0.120. The van der Waals surface area contributed by atoms with Gasteiger partial charge in [0.2, 0.25) is 0 Å². The number of hydrogen-bond acceptors (Lipinski definition) is 3. The maximum Gasteiger partial charge on any atom is 0.0898 e. The predicted octanol–water partition coefficient (Wildman–Crippen LogP) is 3.21. The quantitative estimate of drug-likeness (QED) is 0.787. The second-order valence-corrected chi connectivity index (χ2v) is 7.98. The maximum atomic E-state index is 10.0. The SMILES string of the molecule is CC1CCC(C(C)C)C(OCC(O)CNC(C)(C)C)C1. The molecule has 1 aliphatic carbocycles. The van der Waals surface area contributed by atoms with E-state index in [1.807, 2.05) is 0 Å². The van der Waals surface area contributed by atoms with E-state index in [-0.39, 0.29) is 5.54 Å². The summed E-state index contributed by atoms with van der Waals surface area (Å²) in [6.07, 6.45) is 3.63. The van der Waals surface area contributed by atoms with Crippen LogP contribution in [0.5, 0.6) is 0 Å². The van der Waals surface area contributed by atoms with Crippen LogP contribution in [-0.4, -0.2) is 36.0 Å². The molecule has 0 aromatic carbocycles. The van der Waals surface area contributed by atoms with Gasteiger partial charge in [0.15, 0.2) is 0 Å². The van der Waals surface area contributed by atoms with E-state index in [9.17, 15) is 5.11 Å². The van der Waals surface area contributed by atoms with Gasteiger partial charge in [-0.15, -0.1) is 0 Å². The van der Waals surface area contributed by atoms with Crippen LogP contribution in [0.4, 0.5) is 0 Å². The summed E-state index contributed by atoms with van der Waals surface area (Å²) in [5.41, 5.74) is 0.0425. The number of aliphatic hydroxyl groups is 1. The number of nitrogens with one attached hydrogen (secondary N) is 1. The van der Waals surface area contributed by atoms with Crippen LogP contribution in [0.1, 0.15) is 60.8 Å². The van der Waals surface area contributed by atoms with E-state index >= 15 is 0 Å². The van der Waals surface area contributed by atoms with Crippen LogP contribution in [0.2, 0.25) is 0 Å². The summed E-state index contributed by atoms with van der Waals surface area (Å²) in [5.74, 6) is 2.06. The average Bonchev–Trinajstić information content (AvgIpc) is 2.32. The Kier molecular flexibility index (Phi) is 6.96. The molecule has 120 valence electrons. The second-order valence-electron chi connectivity index (χ2n) is 7.98. The van der Waals surface area contributed by atoms with E-state index in [1.165, 1.54) is 12.8 Å². The summed E-state index contributed by atoms with van der Waals surface area (Å²) < 4.78 is 6.06. The molecule has 3 nitrogen and oxygen atoms in total. The van der Waals surface area contributed by atoms with Gasteiger partial charge < -0.3 is 15.2 Å². The molecule has 0 spiro atoms. The second kappa shape index (κ2) is 7.77. The van der Waals surface area contributed by atoms with Crippen LogP contribution in [0.3, 0.4) is 0 Å². The number of ether oxygens (including phenoxy) is 1. The minimum absolute atomic E-state index is 0.0425. The normalized spacial score (nSPS) is 29.7. The maximum absolute atomic E-state index is 10.0. The lowest BCUT2D eigenvalue weighted by Crippen LogP contribution is -2.43. The molecule has 0 aromatic rings. The van der Waals surface area contributed by atoms with Crippen molar-refractivity contribution < 1.29 is 9.84 Å². The third kappa shape index (κ3) is 6.55. The average molecular weight is 285 g/mol. The summed E-state index contributed by atoms with van der Waals surface area (Å²) in [4.78, 5) is 0. The number of rotatable bonds is 6. The van der Waals surface area contributed by atoms with Gasteiger partial charge in [0.05, 0.1) is 18.8 Å². The molecule has 0 bridgehead atoms.